The zero-order chi connectivity index (χ0) is 30.0. The van der Waals surface area contributed by atoms with Crippen molar-refractivity contribution in [3.8, 4) is 0 Å². The van der Waals surface area contributed by atoms with Crippen LogP contribution >= 0.6 is 0 Å². The Morgan fingerprint density at radius 2 is 1.43 bits per heavy atom. The lowest BCUT2D eigenvalue weighted by atomic mass is 10.0. The number of rotatable bonds is 14. The first-order chi connectivity index (χ1) is 20.2. The fourth-order valence-corrected chi connectivity index (χ4v) is 6.75. The molecule has 0 aromatic heterocycles. The van der Waals surface area contributed by atoms with Gasteiger partial charge in [-0.25, -0.2) is 8.42 Å². The molecule has 2 amide bonds. The van der Waals surface area contributed by atoms with E-state index in [1.807, 2.05) is 60.7 Å². The molecule has 42 heavy (non-hydrogen) atoms. The van der Waals surface area contributed by atoms with Crippen molar-refractivity contribution in [3.05, 3.63) is 102 Å². The van der Waals surface area contributed by atoms with E-state index in [1.54, 1.807) is 29.2 Å². The fraction of sp³-hybridized carbons (Fsp3) is 0.412. The Balaban J connectivity index is 1.52. The van der Waals surface area contributed by atoms with Gasteiger partial charge in [-0.15, -0.1) is 0 Å². The molecule has 0 spiro atoms. The predicted octanol–water partition coefficient (Wildman–Crippen LogP) is 5.21. The fourth-order valence-electron chi connectivity index (χ4n) is 5.24. The van der Waals surface area contributed by atoms with Crippen molar-refractivity contribution in [2.24, 2.45) is 5.92 Å². The van der Waals surface area contributed by atoms with Crippen LogP contribution in [0.1, 0.15) is 56.2 Å². The average Bonchev–Trinajstić information content (AvgIpc) is 3.55. The summed E-state index contributed by atoms with van der Waals surface area (Å²) in [7, 11) is -3.48. The van der Waals surface area contributed by atoms with Crippen molar-refractivity contribution < 1.29 is 18.0 Å². The van der Waals surface area contributed by atoms with Gasteiger partial charge in [0.1, 0.15) is 6.04 Å². The normalized spacial score (nSPS) is 14.5. The maximum Gasteiger partial charge on any atom is 0.243 e. The molecule has 1 heterocycles. The van der Waals surface area contributed by atoms with Gasteiger partial charge in [-0.2, -0.15) is 4.31 Å². The summed E-state index contributed by atoms with van der Waals surface area (Å²) in [5, 5.41) is 3.08. The number of nitrogens with one attached hydrogen (secondary N) is 1. The molecular weight excluding hydrogens is 546 g/mol. The predicted molar refractivity (Wildman–Crippen MR) is 166 cm³/mol. The summed E-state index contributed by atoms with van der Waals surface area (Å²) < 4.78 is 27.3. The van der Waals surface area contributed by atoms with Crippen LogP contribution in [0.2, 0.25) is 0 Å². The molecular formula is C34H43N3O4S. The van der Waals surface area contributed by atoms with Crippen molar-refractivity contribution in [3.63, 3.8) is 0 Å². The Morgan fingerprint density at radius 3 is 2.02 bits per heavy atom. The number of carbonyl (C=O) groups excluding carboxylic acids is 2. The summed E-state index contributed by atoms with van der Waals surface area (Å²) in [5.41, 5.74) is 2.82. The van der Waals surface area contributed by atoms with Crippen LogP contribution in [0, 0.1) is 5.92 Å². The van der Waals surface area contributed by atoms with Crippen molar-refractivity contribution in [1.82, 2.24) is 14.5 Å². The van der Waals surface area contributed by atoms with E-state index in [4.69, 9.17) is 0 Å². The molecule has 3 aromatic carbocycles. The highest BCUT2D eigenvalue weighted by Gasteiger charge is 2.30. The lowest BCUT2D eigenvalue weighted by molar-refractivity contribution is -0.141. The number of carbonyl (C=O) groups is 2. The third-order valence-corrected chi connectivity index (χ3v) is 9.65. The van der Waals surface area contributed by atoms with E-state index in [1.165, 1.54) is 4.31 Å². The van der Waals surface area contributed by atoms with E-state index in [0.717, 1.165) is 36.0 Å². The third kappa shape index (κ3) is 8.76. The molecule has 1 atom stereocenters. The number of benzene rings is 3. The summed E-state index contributed by atoms with van der Waals surface area (Å²) in [6, 6.07) is 25.7. The minimum Gasteiger partial charge on any atom is -0.354 e. The molecule has 4 rings (SSSR count). The summed E-state index contributed by atoms with van der Waals surface area (Å²) in [5.74, 6) is 0.185. The Morgan fingerprint density at radius 1 is 0.833 bits per heavy atom. The van der Waals surface area contributed by atoms with Gasteiger partial charge in [0, 0.05) is 39.0 Å². The molecule has 1 fully saturated rings. The molecule has 1 aliphatic heterocycles. The molecule has 1 N–H and O–H groups in total. The van der Waals surface area contributed by atoms with Crippen LogP contribution < -0.4 is 5.32 Å². The molecule has 8 heteroatoms. The Bertz CT molecular complexity index is 1390. The second-order valence-electron chi connectivity index (χ2n) is 11.4. The molecule has 0 aliphatic carbocycles. The zero-order valence-corrected chi connectivity index (χ0v) is 25.6. The Hall–Kier alpha value is -3.49. The summed E-state index contributed by atoms with van der Waals surface area (Å²) in [4.78, 5) is 29.5. The third-order valence-electron chi connectivity index (χ3n) is 7.74. The summed E-state index contributed by atoms with van der Waals surface area (Å²) in [6.45, 7) is 6.24. The monoisotopic (exact) mass is 589 g/mol. The summed E-state index contributed by atoms with van der Waals surface area (Å²) in [6.07, 6.45) is 3.70. The topological polar surface area (TPSA) is 86.8 Å². The maximum atomic E-state index is 13.9. The smallest absolute Gasteiger partial charge is 0.243 e. The van der Waals surface area contributed by atoms with Crippen LogP contribution in [0.15, 0.2) is 89.8 Å². The maximum absolute atomic E-state index is 13.9. The molecule has 3 aromatic rings. The van der Waals surface area contributed by atoms with E-state index in [2.05, 4.69) is 19.2 Å². The highest BCUT2D eigenvalue weighted by atomic mass is 32.2. The van der Waals surface area contributed by atoms with Crippen LogP contribution in [-0.4, -0.2) is 55.1 Å². The average molecular weight is 590 g/mol. The van der Waals surface area contributed by atoms with Gasteiger partial charge in [0.15, 0.2) is 0 Å². The van der Waals surface area contributed by atoms with Crippen LogP contribution in [0.3, 0.4) is 0 Å². The minimum atomic E-state index is -3.48. The van der Waals surface area contributed by atoms with Gasteiger partial charge in [-0.1, -0.05) is 86.6 Å². The van der Waals surface area contributed by atoms with Crippen LogP contribution in [-0.2, 0) is 39.0 Å². The second kappa shape index (κ2) is 15.1. The molecule has 1 aliphatic rings. The second-order valence-corrected chi connectivity index (χ2v) is 13.4. The molecule has 1 saturated heterocycles. The number of sulfonamides is 1. The van der Waals surface area contributed by atoms with E-state index < -0.39 is 16.1 Å². The van der Waals surface area contributed by atoms with Crippen LogP contribution in [0.5, 0.6) is 0 Å². The van der Waals surface area contributed by atoms with Gasteiger partial charge >= 0.3 is 0 Å². The lowest BCUT2D eigenvalue weighted by Gasteiger charge is -2.32. The van der Waals surface area contributed by atoms with E-state index in [9.17, 15) is 18.0 Å². The van der Waals surface area contributed by atoms with E-state index in [-0.39, 0.29) is 23.1 Å². The highest BCUT2D eigenvalue weighted by Crippen LogP contribution is 2.22. The number of amides is 2. The quantitative estimate of drug-likeness (QED) is 0.280. The first-order valence-electron chi connectivity index (χ1n) is 15.0. The van der Waals surface area contributed by atoms with Gasteiger partial charge in [-0.3, -0.25) is 9.59 Å². The standard InChI is InChI=1S/C34H43N3O4S/c1-27(2)21-22-35-34(39)32(25-29-11-5-3-6-12-29)37(26-30-13-7-4-8-14-30)33(38)20-17-28-15-18-31(19-16-28)42(40,41)36-23-9-10-24-36/h3-8,11-16,18-19,27,32H,9-10,17,20-26H2,1-2H3,(H,35,39). The Labute approximate surface area is 251 Å². The van der Waals surface area contributed by atoms with Crippen molar-refractivity contribution in [2.45, 2.75) is 69.9 Å². The van der Waals surface area contributed by atoms with Crippen LogP contribution in [0.4, 0.5) is 0 Å². The van der Waals surface area contributed by atoms with Gasteiger partial charge in [-0.05, 0) is 60.4 Å². The van der Waals surface area contributed by atoms with Crippen molar-refractivity contribution >= 4 is 21.8 Å². The number of aryl methyl sites for hydroxylation is 1. The molecule has 0 bridgehead atoms. The first kappa shape index (κ1) is 31.4. The Kier molecular flexibility index (Phi) is 11.3. The van der Waals surface area contributed by atoms with E-state index >= 15 is 0 Å². The summed E-state index contributed by atoms with van der Waals surface area (Å²) >= 11 is 0. The SMILES string of the molecule is CC(C)CCNC(=O)C(Cc1ccccc1)N(Cc1ccccc1)C(=O)CCc1ccc(S(=O)(=O)N2CCCC2)cc1. The van der Waals surface area contributed by atoms with Gasteiger partial charge in [0.2, 0.25) is 21.8 Å². The first-order valence-corrected chi connectivity index (χ1v) is 16.4. The lowest BCUT2D eigenvalue weighted by Crippen LogP contribution is -2.50. The van der Waals surface area contributed by atoms with Gasteiger partial charge in [0.25, 0.3) is 0 Å². The molecule has 7 nitrogen and oxygen atoms in total. The van der Waals surface area contributed by atoms with Gasteiger partial charge < -0.3 is 10.2 Å². The van der Waals surface area contributed by atoms with Crippen molar-refractivity contribution in [2.75, 3.05) is 19.6 Å². The zero-order valence-electron chi connectivity index (χ0n) is 24.7. The van der Waals surface area contributed by atoms with Crippen LogP contribution in [0.25, 0.3) is 0 Å². The molecule has 0 radical (unpaired) electrons. The van der Waals surface area contributed by atoms with E-state index in [0.29, 0.717) is 44.9 Å². The molecule has 0 saturated carbocycles. The number of hydrogen-bond donors (Lipinski definition) is 1. The highest BCUT2D eigenvalue weighted by molar-refractivity contribution is 7.89. The number of hydrogen-bond acceptors (Lipinski definition) is 4. The largest absolute Gasteiger partial charge is 0.354 e. The van der Waals surface area contributed by atoms with Gasteiger partial charge in [0.05, 0.1) is 4.90 Å². The molecule has 1 unspecified atom stereocenters. The van der Waals surface area contributed by atoms with Crippen molar-refractivity contribution in [1.29, 1.82) is 0 Å². The minimum absolute atomic E-state index is 0.118. The molecule has 224 valence electrons. The number of nitrogens with zero attached hydrogens (tertiary/aromatic N) is 2.